The van der Waals surface area contributed by atoms with Crippen LogP contribution in [0.4, 0.5) is 0 Å². The van der Waals surface area contributed by atoms with Gasteiger partial charge in [0.2, 0.25) is 0 Å². The Morgan fingerprint density at radius 1 is 1.83 bits per heavy atom. The van der Waals surface area contributed by atoms with Crippen molar-refractivity contribution in [1.82, 2.24) is 5.32 Å². The molecule has 6 heavy (non-hydrogen) atoms. The van der Waals surface area contributed by atoms with Gasteiger partial charge >= 0.3 is 0 Å². The maximum Gasteiger partial charge on any atom is 0.0318 e. The first-order chi connectivity index (χ1) is 2.84. The minimum Gasteiger partial charge on any atom is -0.308 e. The molecular formula is C4H8BrN. The largest absolute Gasteiger partial charge is 0.308 e. The van der Waals surface area contributed by atoms with E-state index < -0.39 is 0 Å². The third-order valence-corrected chi connectivity index (χ3v) is 1.84. The quantitative estimate of drug-likeness (QED) is 0.432. The molecule has 2 unspecified atom stereocenters. The van der Waals surface area contributed by atoms with Gasteiger partial charge in [-0.1, -0.05) is 15.9 Å². The summed E-state index contributed by atoms with van der Waals surface area (Å²) in [5.74, 6) is 0. The highest BCUT2D eigenvalue weighted by Crippen LogP contribution is 2.10. The van der Waals surface area contributed by atoms with Crippen molar-refractivity contribution in [3.8, 4) is 0 Å². The molecule has 1 fully saturated rings. The van der Waals surface area contributed by atoms with Crippen LogP contribution in [0.5, 0.6) is 0 Å². The number of hydrogen-bond donors (Lipinski definition) is 1. The molecule has 1 nitrogen and oxygen atoms in total. The number of hydrogen-bond acceptors (Lipinski definition) is 1. The number of nitrogens with one attached hydrogen (secondary N) is 1. The second-order valence-electron chi connectivity index (χ2n) is 1.72. The van der Waals surface area contributed by atoms with E-state index in [1.165, 1.54) is 0 Å². The number of rotatable bonds is 1. The monoisotopic (exact) mass is 149 g/mol. The lowest BCUT2D eigenvalue weighted by atomic mass is 10.4. The van der Waals surface area contributed by atoms with Crippen LogP contribution in [-0.2, 0) is 0 Å². The molecule has 0 amide bonds. The fourth-order valence-corrected chi connectivity index (χ4v) is 1.21. The van der Waals surface area contributed by atoms with Crippen LogP contribution in [0.15, 0.2) is 0 Å². The molecule has 0 radical (unpaired) electrons. The van der Waals surface area contributed by atoms with Gasteiger partial charge in [-0.2, -0.15) is 0 Å². The molecule has 1 heterocycles. The van der Waals surface area contributed by atoms with Crippen molar-refractivity contribution in [3.05, 3.63) is 0 Å². The Morgan fingerprint density at radius 3 is 2.33 bits per heavy atom. The fourth-order valence-electron chi connectivity index (χ4n) is 0.460. The van der Waals surface area contributed by atoms with E-state index in [2.05, 4.69) is 28.2 Å². The fraction of sp³-hybridized carbons (Fsp3) is 1.00. The van der Waals surface area contributed by atoms with Gasteiger partial charge in [0.1, 0.15) is 0 Å². The van der Waals surface area contributed by atoms with Crippen molar-refractivity contribution in [2.45, 2.75) is 19.0 Å². The van der Waals surface area contributed by atoms with Crippen molar-refractivity contribution in [2.75, 3.05) is 5.33 Å². The molecule has 1 N–H and O–H groups in total. The maximum absolute atomic E-state index is 3.35. The van der Waals surface area contributed by atoms with E-state index in [4.69, 9.17) is 0 Å². The summed E-state index contributed by atoms with van der Waals surface area (Å²) in [5.41, 5.74) is 0. The lowest BCUT2D eigenvalue weighted by Crippen LogP contribution is -1.88. The van der Waals surface area contributed by atoms with Crippen LogP contribution in [0.2, 0.25) is 0 Å². The van der Waals surface area contributed by atoms with Crippen LogP contribution in [-0.4, -0.2) is 17.4 Å². The first-order valence-electron chi connectivity index (χ1n) is 2.16. The van der Waals surface area contributed by atoms with E-state index in [9.17, 15) is 0 Å². The molecule has 0 bridgehead atoms. The number of halogens is 1. The molecule has 1 aliphatic rings. The standard InChI is InChI=1S/C4H8BrN/c1-3-4(2-5)6-3/h3-4,6H,2H2,1H3. The molecule has 0 aliphatic carbocycles. The van der Waals surface area contributed by atoms with E-state index in [1.807, 2.05) is 0 Å². The maximum atomic E-state index is 3.35. The van der Waals surface area contributed by atoms with Gasteiger partial charge in [-0.05, 0) is 6.92 Å². The molecule has 1 saturated heterocycles. The van der Waals surface area contributed by atoms with Crippen molar-refractivity contribution in [1.29, 1.82) is 0 Å². The zero-order chi connectivity index (χ0) is 4.57. The predicted octanol–water partition coefficient (Wildman–Crippen LogP) is 0.742. The Kier molecular flexibility index (Phi) is 1.15. The Labute approximate surface area is 46.2 Å². The van der Waals surface area contributed by atoms with Gasteiger partial charge in [0.15, 0.2) is 0 Å². The zero-order valence-electron chi connectivity index (χ0n) is 3.74. The molecule has 2 heteroatoms. The lowest BCUT2D eigenvalue weighted by molar-refractivity contribution is 1.06. The summed E-state index contributed by atoms with van der Waals surface area (Å²) in [4.78, 5) is 0. The molecule has 36 valence electrons. The Bertz CT molecular complexity index is 53.5. The highest BCUT2D eigenvalue weighted by atomic mass is 79.9. The molecule has 1 rings (SSSR count). The number of alkyl halides is 1. The van der Waals surface area contributed by atoms with Gasteiger partial charge in [-0.15, -0.1) is 0 Å². The third-order valence-electron chi connectivity index (χ3n) is 1.14. The molecule has 0 aromatic carbocycles. The van der Waals surface area contributed by atoms with Crippen LogP contribution < -0.4 is 5.32 Å². The van der Waals surface area contributed by atoms with Crippen LogP contribution in [0.1, 0.15) is 6.92 Å². The smallest absolute Gasteiger partial charge is 0.0318 e. The first kappa shape index (κ1) is 4.60. The predicted molar refractivity (Wildman–Crippen MR) is 30.2 cm³/mol. The Morgan fingerprint density at radius 2 is 2.33 bits per heavy atom. The highest BCUT2D eigenvalue weighted by Gasteiger charge is 2.29. The Hall–Kier alpha value is 0.440. The third kappa shape index (κ3) is 0.738. The summed E-state index contributed by atoms with van der Waals surface area (Å²) in [6.07, 6.45) is 0. The summed E-state index contributed by atoms with van der Waals surface area (Å²) >= 11 is 3.35. The minimum absolute atomic E-state index is 0.768. The lowest BCUT2D eigenvalue weighted by Gasteiger charge is -1.73. The molecule has 0 saturated carbocycles. The average molecular weight is 150 g/mol. The van der Waals surface area contributed by atoms with E-state index in [0.29, 0.717) is 0 Å². The SMILES string of the molecule is CC1NC1CBr. The van der Waals surface area contributed by atoms with Crippen LogP contribution in [0.25, 0.3) is 0 Å². The van der Waals surface area contributed by atoms with Crippen LogP contribution >= 0.6 is 15.9 Å². The highest BCUT2D eigenvalue weighted by molar-refractivity contribution is 9.09. The summed E-state index contributed by atoms with van der Waals surface area (Å²) in [7, 11) is 0. The minimum atomic E-state index is 0.768. The van der Waals surface area contributed by atoms with Gasteiger partial charge in [0, 0.05) is 17.4 Å². The van der Waals surface area contributed by atoms with Crippen molar-refractivity contribution < 1.29 is 0 Å². The Balaban J connectivity index is 2.09. The second-order valence-corrected chi connectivity index (χ2v) is 2.36. The topological polar surface area (TPSA) is 21.9 Å². The molecule has 1 aliphatic heterocycles. The van der Waals surface area contributed by atoms with Gasteiger partial charge in [0.05, 0.1) is 0 Å². The summed E-state index contributed by atoms with van der Waals surface area (Å²) in [5, 5.41) is 4.34. The first-order valence-corrected chi connectivity index (χ1v) is 3.29. The van der Waals surface area contributed by atoms with Crippen molar-refractivity contribution in [3.63, 3.8) is 0 Å². The average Bonchev–Trinajstić information content (AvgIpc) is 2.19. The second kappa shape index (κ2) is 1.51. The van der Waals surface area contributed by atoms with Gasteiger partial charge in [0.25, 0.3) is 0 Å². The van der Waals surface area contributed by atoms with Gasteiger partial charge < -0.3 is 5.32 Å². The van der Waals surface area contributed by atoms with E-state index in [-0.39, 0.29) is 0 Å². The van der Waals surface area contributed by atoms with E-state index >= 15 is 0 Å². The van der Waals surface area contributed by atoms with Crippen LogP contribution in [0.3, 0.4) is 0 Å². The molecular weight excluding hydrogens is 142 g/mol. The summed E-state index contributed by atoms with van der Waals surface area (Å²) in [6, 6.07) is 1.54. The van der Waals surface area contributed by atoms with Crippen LogP contribution in [0, 0.1) is 0 Å². The van der Waals surface area contributed by atoms with Crippen molar-refractivity contribution >= 4 is 15.9 Å². The normalized spacial score (nSPS) is 43.0. The molecule has 0 spiro atoms. The van der Waals surface area contributed by atoms with E-state index in [0.717, 1.165) is 17.4 Å². The van der Waals surface area contributed by atoms with Crippen molar-refractivity contribution in [2.24, 2.45) is 0 Å². The molecule has 2 atom stereocenters. The van der Waals surface area contributed by atoms with E-state index in [1.54, 1.807) is 0 Å². The van der Waals surface area contributed by atoms with Gasteiger partial charge in [-0.3, -0.25) is 0 Å². The van der Waals surface area contributed by atoms with Gasteiger partial charge in [-0.25, -0.2) is 0 Å². The molecule has 0 aromatic rings. The zero-order valence-corrected chi connectivity index (χ0v) is 5.33. The summed E-state index contributed by atoms with van der Waals surface area (Å²) in [6.45, 7) is 2.19. The summed E-state index contributed by atoms with van der Waals surface area (Å²) < 4.78 is 0. The molecule has 0 aromatic heterocycles.